The Balaban J connectivity index is 1.74. The number of aromatic nitrogens is 4. The third-order valence-electron chi connectivity index (χ3n) is 5.66. The molecule has 3 aromatic rings. The average Bonchev–Trinajstić information content (AvgIpc) is 3.36. The summed E-state index contributed by atoms with van der Waals surface area (Å²) in [6, 6.07) is 2.23. The second-order valence-electron chi connectivity index (χ2n) is 9.91. The van der Waals surface area contributed by atoms with Gasteiger partial charge in [-0.2, -0.15) is 4.31 Å². The lowest BCUT2D eigenvalue weighted by atomic mass is 10.0. The van der Waals surface area contributed by atoms with E-state index in [0.717, 1.165) is 6.04 Å². The predicted molar refractivity (Wildman–Crippen MR) is 139 cm³/mol. The SMILES string of the molecule is CC1(N(COCC[Si](C)(C)C)S(=O)(=O)c2cc(Cl)c3c(Br)nc(-c4nnc(C(F)F)s4)n3c2)COC1. The lowest BCUT2D eigenvalue weighted by Gasteiger charge is -2.45. The first kappa shape index (κ1) is 27.9. The zero-order valence-electron chi connectivity index (χ0n) is 20.0. The summed E-state index contributed by atoms with van der Waals surface area (Å²) in [5.74, 6) is 0.136. The molecular weight excluding hydrogens is 620 g/mol. The molecule has 0 aromatic carbocycles. The Hall–Kier alpha value is -1.07. The number of hydrogen-bond acceptors (Lipinski definition) is 8. The molecule has 36 heavy (non-hydrogen) atoms. The first-order valence-corrected chi connectivity index (χ1v) is 18.0. The summed E-state index contributed by atoms with van der Waals surface area (Å²) in [4.78, 5) is 4.23. The third-order valence-corrected chi connectivity index (χ3v) is 11.1. The molecule has 198 valence electrons. The molecule has 0 N–H and O–H groups in total. The molecular formula is C20H25BrClF2N5O4S2Si. The second-order valence-corrected chi connectivity index (χ2v) is 19.6. The van der Waals surface area contributed by atoms with E-state index in [1.165, 1.54) is 21.0 Å². The Morgan fingerprint density at radius 1 is 1.36 bits per heavy atom. The van der Waals surface area contributed by atoms with Crippen LogP contribution >= 0.6 is 38.9 Å². The standard InChI is InChI=1S/C20H25BrClF2N5O4S2Si/c1-20(9-33-10-20)29(11-32-5-6-36(2,3)4)35(30,31)12-7-13(22)14-15(21)25-17(28(14)8-12)19-27-26-18(34-19)16(23)24/h7-8,16H,5-6,9-11H2,1-4H3. The van der Waals surface area contributed by atoms with Crippen LogP contribution in [0.25, 0.3) is 16.3 Å². The average molecular weight is 645 g/mol. The zero-order chi connectivity index (χ0) is 26.5. The molecule has 0 bridgehead atoms. The van der Waals surface area contributed by atoms with E-state index in [4.69, 9.17) is 21.1 Å². The van der Waals surface area contributed by atoms with Crippen LogP contribution in [0.1, 0.15) is 18.4 Å². The van der Waals surface area contributed by atoms with Gasteiger partial charge in [0.15, 0.2) is 15.8 Å². The Morgan fingerprint density at radius 2 is 2.06 bits per heavy atom. The molecule has 16 heteroatoms. The summed E-state index contributed by atoms with van der Waals surface area (Å²) in [5.41, 5.74) is -0.418. The van der Waals surface area contributed by atoms with Crippen LogP contribution in [0.15, 0.2) is 21.8 Å². The molecule has 0 radical (unpaired) electrons. The minimum absolute atomic E-state index is 0.0995. The highest BCUT2D eigenvalue weighted by Crippen LogP contribution is 2.37. The first-order valence-electron chi connectivity index (χ1n) is 10.9. The number of nitrogens with zero attached hydrogens (tertiary/aromatic N) is 5. The molecule has 0 spiro atoms. The number of imidazole rings is 1. The maximum absolute atomic E-state index is 13.9. The van der Waals surface area contributed by atoms with Crippen molar-refractivity contribution in [1.29, 1.82) is 0 Å². The molecule has 0 atom stereocenters. The van der Waals surface area contributed by atoms with E-state index in [1.54, 1.807) is 6.92 Å². The smallest absolute Gasteiger partial charge is 0.291 e. The van der Waals surface area contributed by atoms with E-state index in [1.807, 2.05) is 0 Å². The molecule has 0 unspecified atom stereocenters. The normalized spacial score (nSPS) is 16.3. The van der Waals surface area contributed by atoms with Crippen molar-refractivity contribution in [3.63, 3.8) is 0 Å². The summed E-state index contributed by atoms with van der Waals surface area (Å²) in [6.07, 6.45) is -1.43. The highest BCUT2D eigenvalue weighted by molar-refractivity contribution is 9.10. The van der Waals surface area contributed by atoms with Crippen LogP contribution in [0.4, 0.5) is 8.78 Å². The van der Waals surface area contributed by atoms with Gasteiger partial charge in [-0.1, -0.05) is 42.6 Å². The Kier molecular flexibility index (Phi) is 7.95. The van der Waals surface area contributed by atoms with Crippen molar-refractivity contribution in [3.05, 3.63) is 26.9 Å². The number of halogens is 4. The fourth-order valence-electron chi connectivity index (χ4n) is 3.52. The van der Waals surface area contributed by atoms with Crippen molar-refractivity contribution in [2.75, 3.05) is 26.6 Å². The fraction of sp³-hybridized carbons (Fsp3) is 0.550. The molecule has 0 saturated carbocycles. The summed E-state index contributed by atoms with van der Waals surface area (Å²) in [5, 5.41) is 7.05. The summed E-state index contributed by atoms with van der Waals surface area (Å²) < 4.78 is 68.1. The second kappa shape index (κ2) is 10.2. The van der Waals surface area contributed by atoms with Crippen molar-refractivity contribution in [3.8, 4) is 10.8 Å². The Labute approximate surface area is 226 Å². The summed E-state index contributed by atoms with van der Waals surface area (Å²) in [6.45, 7) is 9.19. The molecule has 1 aliphatic heterocycles. The van der Waals surface area contributed by atoms with E-state index in [9.17, 15) is 17.2 Å². The third kappa shape index (κ3) is 5.53. The molecule has 1 fully saturated rings. The number of fused-ring (bicyclic) bond motifs is 1. The number of hydrogen-bond donors (Lipinski definition) is 0. The maximum Gasteiger partial charge on any atom is 0.291 e. The van der Waals surface area contributed by atoms with Crippen LogP contribution in [-0.2, 0) is 19.5 Å². The van der Waals surface area contributed by atoms with E-state index >= 15 is 0 Å². The summed E-state index contributed by atoms with van der Waals surface area (Å²) >= 11 is 10.5. The van der Waals surface area contributed by atoms with Crippen molar-refractivity contribution in [2.24, 2.45) is 0 Å². The highest BCUT2D eigenvalue weighted by Gasteiger charge is 2.47. The number of ether oxygens (including phenoxy) is 2. The molecule has 4 heterocycles. The van der Waals surface area contributed by atoms with E-state index in [2.05, 4.69) is 50.8 Å². The lowest BCUT2D eigenvalue weighted by molar-refractivity contribution is -0.124. The monoisotopic (exact) mass is 643 g/mol. The van der Waals surface area contributed by atoms with Gasteiger partial charge in [-0.3, -0.25) is 4.40 Å². The molecule has 1 aliphatic rings. The highest BCUT2D eigenvalue weighted by atomic mass is 79.9. The van der Waals surface area contributed by atoms with Crippen molar-refractivity contribution < 1.29 is 26.7 Å². The van der Waals surface area contributed by atoms with Gasteiger partial charge in [0.2, 0.25) is 10.0 Å². The zero-order valence-corrected chi connectivity index (χ0v) is 24.9. The molecule has 9 nitrogen and oxygen atoms in total. The van der Waals surface area contributed by atoms with Gasteiger partial charge < -0.3 is 9.47 Å². The molecule has 1 saturated heterocycles. The molecule has 0 amide bonds. The van der Waals surface area contributed by atoms with Crippen molar-refractivity contribution >= 4 is 62.5 Å². The van der Waals surface area contributed by atoms with Crippen LogP contribution in [0.5, 0.6) is 0 Å². The Morgan fingerprint density at radius 3 is 2.61 bits per heavy atom. The Bertz CT molecular complexity index is 1380. The minimum Gasteiger partial charge on any atom is -0.377 e. The van der Waals surface area contributed by atoms with Gasteiger partial charge in [-0.25, -0.2) is 22.2 Å². The maximum atomic E-state index is 13.9. The number of rotatable bonds is 10. The van der Waals surface area contributed by atoms with Gasteiger partial charge in [0.05, 0.1) is 29.3 Å². The van der Waals surface area contributed by atoms with Crippen LogP contribution in [0.3, 0.4) is 0 Å². The van der Waals surface area contributed by atoms with Crippen LogP contribution < -0.4 is 0 Å². The van der Waals surface area contributed by atoms with Gasteiger partial charge in [0.25, 0.3) is 6.43 Å². The van der Waals surface area contributed by atoms with Crippen molar-refractivity contribution in [2.45, 2.75) is 49.5 Å². The molecule has 3 aromatic heterocycles. The van der Waals surface area contributed by atoms with E-state index < -0.39 is 35.1 Å². The quantitative estimate of drug-likeness (QED) is 0.168. The van der Waals surface area contributed by atoms with Crippen LogP contribution in [-0.4, -0.2) is 72.5 Å². The van der Waals surface area contributed by atoms with Crippen molar-refractivity contribution in [1.82, 2.24) is 23.9 Å². The number of pyridine rings is 1. The number of sulfonamides is 1. The topological polar surface area (TPSA) is 98.9 Å². The predicted octanol–water partition coefficient (Wildman–Crippen LogP) is 5.30. The van der Waals surface area contributed by atoms with Gasteiger partial charge in [-0.15, -0.1) is 10.2 Å². The van der Waals surface area contributed by atoms with Gasteiger partial charge in [0, 0.05) is 20.9 Å². The van der Waals surface area contributed by atoms with E-state index in [0.29, 0.717) is 28.1 Å². The molecule has 0 aliphatic carbocycles. The van der Waals surface area contributed by atoms with E-state index in [-0.39, 0.29) is 40.7 Å². The molecule has 4 rings (SSSR count). The fourth-order valence-corrected chi connectivity index (χ4v) is 7.67. The number of alkyl halides is 2. The van der Waals surface area contributed by atoms with Gasteiger partial charge >= 0.3 is 0 Å². The van der Waals surface area contributed by atoms with Crippen LogP contribution in [0.2, 0.25) is 30.7 Å². The lowest BCUT2D eigenvalue weighted by Crippen LogP contribution is -2.62. The summed E-state index contributed by atoms with van der Waals surface area (Å²) in [7, 11) is -5.47. The first-order chi connectivity index (χ1) is 16.7. The van der Waals surface area contributed by atoms with Gasteiger partial charge in [0.1, 0.15) is 16.2 Å². The minimum atomic E-state index is -4.11. The van der Waals surface area contributed by atoms with Crippen LogP contribution in [0, 0.1) is 0 Å². The largest absolute Gasteiger partial charge is 0.377 e. The van der Waals surface area contributed by atoms with Gasteiger partial charge in [-0.05, 0) is 35.0 Å².